The number of allylic oxidation sites excluding steroid dienone is 2. The number of aromatic nitrogens is 1. The SMILES string of the molecule is COc1ccc(-c2ccc3n2[B-](F)(F)[N+]2=C(C)C(CCC(=O)ON4C(=O)CCC4=O)=C(C)C2=C3)cc1. The number of methoxy groups -OCH3 is 1. The highest BCUT2D eigenvalue weighted by Gasteiger charge is 2.54. The fourth-order valence-electron chi connectivity index (χ4n) is 5.09. The van der Waals surface area contributed by atoms with Crippen molar-refractivity contribution in [3.05, 3.63) is 58.9 Å². The number of fused-ring (bicyclic) bond motifs is 2. The first kappa shape index (κ1) is 23.7. The van der Waals surface area contributed by atoms with Gasteiger partial charge in [-0.2, -0.15) is 0 Å². The molecule has 4 heterocycles. The number of imide groups is 1. The standard InChI is InChI=1S/C25H24BF2N3O5/c1-15-20(9-13-25(34)36-31-23(32)11-12-24(31)33)16(2)29-22(15)14-18-6-10-21(30(18)26(29,27)28)17-4-7-19(35-3)8-5-17/h4-8,10,14H,9,11-13H2,1-3H3. The van der Waals surface area contributed by atoms with Crippen LogP contribution in [-0.2, 0) is 19.2 Å². The van der Waals surface area contributed by atoms with Gasteiger partial charge in [0, 0.05) is 48.4 Å². The summed E-state index contributed by atoms with van der Waals surface area (Å²) in [6.45, 7) is -0.870. The van der Waals surface area contributed by atoms with Gasteiger partial charge in [-0.05, 0) is 55.3 Å². The molecule has 11 heteroatoms. The molecule has 1 fully saturated rings. The van der Waals surface area contributed by atoms with E-state index < -0.39 is 24.8 Å². The second-order valence-electron chi connectivity index (χ2n) is 8.96. The Bertz CT molecular complexity index is 1390. The van der Waals surface area contributed by atoms with Crippen molar-refractivity contribution in [2.24, 2.45) is 0 Å². The van der Waals surface area contributed by atoms with Gasteiger partial charge in [0.1, 0.15) is 11.5 Å². The molecule has 0 unspecified atom stereocenters. The largest absolute Gasteiger partial charge is 0.737 e. The third-order valence-corrected chi connectivity index (χ3v) is 6.91. The van der Waals surface area contributed by atoms with Gasteiger partial charge in [0.05, 0.1) is 13.5 Å². The summed E-state index contributed by atoms with van der Waals surface area (Å²) in [5, 5.41) is 0.492. The minimum Gasteiger partial charge on any atom is -0.497 e. The van der Waals surface area contributed by atoms with Gasteiger partial charge >= 0.3 is 12.9 Å². The highest BCUT2D eigenvalue weighted by Crippen LogP contribution is 2.40. The van der Waals surface area contributed by atoms with Gasteiger partial charge in [-0.15, -0.1) is 5.06 Å². The van der Waals surface area contributed by atoms with E-state index in [4.69, 9.17) is 9.57 Å². The minimum absolute atomic E-state index is 0.00283. The number of nitrogens with zero attached hydrogens (tertiary/aromatic N) is 3. The highest BCUT2D eigenvalue weighted by molar-refractivity contribution is 6.58. The lowest BCUT2D eigenvalue weighted by atomic mass is 9.89. The Balaban J connectivity index is 1.42. The molecule has 8 nitrogen and oxygen atoms in total. The summed E-state index contributed by atoms with van der Waals surface area (Å²) in [6, 6.07) is 10.3. The Hall–Kier alpha value is -4.02. The highest BCUT2D eigenvalue weighted by atomic mass is 19.2. The maximum atomic E-state index is 16.1. The number of carbonyl (C=O) groups is 3. The molecule has 1 aromatic heterocycles. The molecule has 2 amide bonds. The zero-order valence-corrected chi connectivity index (χ0v) is 20.1. The molecule has 0 aliphatic carbocycles. The van der Waals surface area contributed by atoms with E-state index in [0.29, 0.717) is 50.3 Å². The van der Waals surface area contributed by atoms with Crippen LogP contribution in [0, 0.1) is 0 Å². The fourth-order valence-corrected chi connectivity index (χ4v) is 5.09. The van der Waals surface area contributed by atoms with Gasteiger partial charge in [0.25, 0.3) is 11.8 Å². The quantitative estimate of drug-likeness (QED) is 0.448. The molecule has 3 aliphatic rings. The number of benzene rings is 1. The van der Waals surface area contributed by atoms with Crippen molar-refractivity contribution in [3.8, 4) is 17.0 Å². The number of ether oxygens (including phenoxy) is 1. The molecule has 1 aromatic carbocycles. The van der Waals surface area contributed by atoms with Crippen LogP contribution in [-0.4, -0.2) is 51.6 Å². The Labute approximate surface area is 206 Å². The lowest BCUT2D eigenvalue weighted by Gasteiger charge is -2.31. The summed E-state index contributed by atoms with van der Waals surface area (Å²) in [6.07, 6.45) is 1.70. The molecule has 0 atom stereocenters. The molecule has 0 N–H and O–H groups in total. The molecule has 3 aliphatic heterocycles. The van der Waals surface area contributed by atoms with Gasteiger partial charge < -0.3 is 27.2 Å². The molecule has 0 saturated carbocycles. The van der Waals surface area contributed by atoms with Crippen molar-refractivity contribution in [2.75, 3.05) is 7.11 Å². The van der Waals surface area contributed by atoms with Crippen LogP contribution in [0.25, 0.3) is 17.3 Å². The van der Waals surface area contributed by atoms with E-state index in [9.17, 15) is 14.4 Å². The minimum atomic E-state index is -4.23. The van der Waals surface area contributed by atoms with Gasteiger partial charge in [-0.3, -0.25) is 9.59 Å². The van der Waals surface area contributed by atoms with E-state index in [1.165, 1.54) is 0 Å². The Morgan fingerprint density at radius 1 is 1.06 bits per heavy atom. The monoisotopic (exact) mass is 495 g/mol. The number of hydrogen-bond acceptors (Lipinski definition) is 5. The lowest BCUT2D eigenvalue weighted by molar-refractivity contribution is -0.362. The molecule has 0 bridgehead atoms. The number of carbonyl (C=O) groups excluding carboxylic acids is 3. The zero-order chi connectivity index (χ0) is 25.8. The molecule has 0 spiro atoms. The van der Waals surface area contributed by atoms with Gasteiger partial charge in [-0.25, -0.2) is 4.79 Å². The van der Waals surface area contributed by atoms with Gasteiger partial charge in [-0.1, -0.05) is 0 Å². The number of hydrogen-bond donors (Lipinski definition) is 0. The summed E-state index contributed by atoms with van der Waals surface area (Å²) in [4.78, 5) is 40.6. The van der Waals surface area contributed by atoms with E-state index in [-0.39, 0.29) is 25.7 Å². The molecular weight excluding hydrogens is 471 g/mol. The van der Waals surface area contributed by atoms with Crippen molar-refractivity contribution >= 4 is 36.5 Å². The van der Waals surface area contributed by atoms with E-state index >= 15 is 8.63 Å². The Kier molecular flexibility index (Phi) is 5.65. The van der Waals surface area contributed by atoms with Crippen LogP contribution >= 0.6 is 0 Å². The number of halogens is 2. The molecule has 2 aromatic rings. The second-order valence-corrected chi connectivity index (χ2v) is 8.96. The smallest absolute Gasteiger partial charge is 0.497 e. The predicted octanol–water partition coefficient (Wildman–Crippen LogP) is 3.93. The summed E-state index contributed by atoms with van der Waals surface area (Å²) >= 11 is 0. The van der Waals surface area contributed by atoms with E-state index in [2.05, 4.69) is 0 Å². The van der Waals surface area contributed by atoms with Gasteiger partial charge in [0.2, 0.25) is 0 Å². The maximum absolute atomic E-state index is 16.1. The zero-order valence-electron chi connectivity index (χ0n) is 20.1. The molecule has 1 saturated heterocycles. The fraction of sp³-hybridized carbons (Fsp3) is 0.280. The van der Waals surface area contributed by atoms with E-state index in [1.54, 1.807) is 63.4 Å². The lowest BCUT2D eigenvalue weighted by Crippen LogP contribution is -2.50. The number of hydroxylamine groups is 2. The van der Waals surface area contributed by atoms with Crippen molar-refractivity contribution in [1.29, 1.82) is 0 Å². The van der Waals surface area contributed by atoms with Crippen molar-refractivity contribution in [1.82, 2.24) is 9.54 Å². The Morgan fingerprint density at radius 3 is 2.36 bits per heavy atom. The van der Waals surface area contributed by atoms with Crippen LogP contribution in [0.2, 0.25) is 0 Å². The van der Waals surface area contributed by atoms with Crippen LogP contribution in [0.5, 0.6) is 5.75 Å². The Morgan fingerprint density at radius 2 is 1.72 bits per heavy atom. The van der Waals surface area contributed by atoms with Crippen molar-refractivity contribution in [2.45, 2.75) is 39.5 Å². The average molecular weight is 495 g/mol. The molecule has 186 valence electrons. The summed E-state index contributed by atoms with van der Waals surface area (Å²) < 4.78 is 39.5. The molecule has 36 heavy (non-hydrogen) atoms. The van der Waals surface area contributed by atoms with E-state index in [1.807, 2.05) is 0 Å². The molecule has 5 rings (SSSR count). The number of amides is 2. The third-order valence-electron chi connectivity index (χ3n) is 6.91. The van der Waals surface area contributed by atoms with Crippen molar-refractivity contribution in [3.63, 3.8) is 0 Å². The summed E-state index contributed by atoms with van der Waals surface area (Å²) in [7, 11) is 1.54. The van der Waals surface area contributed by atoms with Crippen LogP contribution in [0.1, 0.15) is 45.2 Å². The normalized spacial score (nSPS) is 18.5. The van der Waals surface area contributed by atoms with E-state index in [0.717, 1.165) is 8.96 Å². The first-order valence-corrected chi connectivity index (χ1v) is 11.6. The predicted molar refractivity (Wildman–Crippen MR) is 128 cm³/mol. The van der Waals surface area contributed by atoms with Crippen LogP contribution in [0.15, 0.2) is 53.2 Å². The third kappa shape index (κ3) is 3.66. The van der Waals surface area contributed by atoms with Crippen LogP contribution < -0.4 is 4.74 Å². The summed E-state index contributed by atoms with van der Waals surface area (Å²) in [5.41, 5.74) is 3.40. The second kappa shape index (κ2) is 8.58. The van der Waals surface area contributed by atoms with Crippen LogP contribution in [0.4, 0.5) is 8.63 Å². The average Bonchev–Trinajstić information content (AvgIpc) is 3.49. The maximum Gasteiger partial charge on any atom is 0.737 e. The molecule has 0 radical (unpaired) electrons. The molecular formula is C25H24BF2N3O5. The topological polar surface area (TPSA) is 80.8 Å². The van der Waals surface area contributed by atoms with Gasteiger partial charge in [0.15, 0.2) is 5.70 Å². The van der Waals surface area contributed by atoms with Crippen LogP contribution in [0.3, 0.4) is 0 Å². The first-order chi connectivity index (χ1) is 17.1. The summed E-state index contributed by atoms with van der Waals surface area (Å²) in [5.74, 6) is -1.26. The first-order valence-electron chi connectivity index (χ1n) is 11.6. The van der Waals surface area contributed by atoms with Crippen molar-refractivity contribution < 1.29 is 37.1 Å². The number of rotatable bonds is 6.